The number of nitrogens with one attached hydrogen (secondary N) is 1. The number of ketones is 1. The lowest BCUT2D eigenvalue weighted by Gasteiger charge is -2.16. The van der Waals surface area contributed by atoms with Crippen molar-refractivity contribution in [1.82, 2.24) is 20.1 Å². The number of hydrogen-bond acceptors (Lipinski definition) is 5. The minimum atomic E-state index is -0.535. The van der Waals surface area contributed by atoms with Crippen molar-refractivity contribution in [3.63, 3.8) is 0 Å². The van der Waals surface area contributed by atoms with Crippen molar-refractivity contribution in [3.8, 4) is 5.69 Å². The third-order valence-corrected chi connectivity index (χ3v) is 4.93. The lowest BCUT2D eigenvalue weighted by Crippen LogP contribution is -2.42. The van der Waals surface area contributed by atoms with E-state index in [0.29, 0.717) is 11.6 Å². The van der Waals surface area contributed by atoms with Gasteiger partial charge in [0.05, 0.1) is 11.8 Å². The lowest BCUT2D eigenvalue weighted by molar-refractivity contribution is -0.125. The van der Waals surface area contributed by atoms with Crippen LogP contribution < -0.4 is 5.32 Å². The molecule has 1 atom stereocenters. The Morgan fingerprint density at radius 1 is 1.07 bits per heavy atom. The van der Waals surface area contributed by atoms with E-state index in [1.165, 1.54) is 18.7 Å². The highest BCUT2D eigenvalue weighted by molar-refractivity contribution is 7.99. The van der Waals surface area contributed by atoms with Crippen LogP contribution in [-0.4, -0.2) is 38.2 Å². The first kappa shape index (κ1) is 18.8. The fraction of sp³-hybridized carbons (Fsp3) is 0.200. The summed E-state index contributed by atoms with van der Waals surface area (Å²) < 4.78 is 1.82. The Labute approximate surface area is 162 Å². The van der Waals surface area contributed by atoms with Gasteiger partial charge in [0.1, 0.15) is 6.33 Å². The molecule has 2 aromatic carbocycles. The normalized spacial score (nSPS) is 11.7. The number of thioether (sulfide) groups is 1. The molecule has 0 spiro atoms. The lowest BCUT2D eigenvalue weighted by atomic mass is 10.0. The van der Waals surface area contributed by atoms with Crippen molar-refractivity contribution in [1.29, 1.82) is 0 Å². The van der Waals surface area contributed by atoms with Crippen LogP contribution in [0.15, 0.2) is 72.1 Å². The summed E-state index contributed by atoms with van der Waals surface area (Å²) in [4.78, 5) is 24.3. The number of benzene rings is 2. The van der Waals surface area contributed by atoms with Gasteiger partial charge in [-0.15, -0.1) is 10.2 Å². The van der Waals surface area contributed by atoms with Gasteiger partial charge in [-0.3, -0.25) is 14.2 Å². The molecule has 3 aromatic rings. The first-order chi connectivity index (χ1) is 13.1. The van der Waals surface area contributed by atoms with E-state index in [0.717, 1.165) is 11.3 Å². The average Bonchev–Trinajstić information content (AvgIpc) is 3.16. The van der Waals surface area contributed by atoms with Crippen LogP contribution in [0.2, 0.25) is 0 Å². The number of amides is 1. The Bertz CT molecular complexity index is 897. The molecule has 0 fully saturated rings. The van der Waals surface area contributed by atoms with Crippen molar-refractivity contribution in [2.24, 2.45) is 0 Å². The van der Waals surface area contributed by atoms with Crippen LogP contribution in [0.5, 0.6) is 0 Å². The average molecular weight is 380 g/mol. The molecule has 0 saturated carbocycles. The molecule has 1 heterocycles. The van der Waals surface area contributed by atoms with Crippen LogP contribution >= 0.6 is 11.8 Å². The van der Waals surface area contributed by atoms with Crippen LogP contribution in [-0.2, 0) is 16.0 Å². The molecule has 138 valence electrons. The quantitative estimate of drug-likeness (QED) is 0.608. The van der Waals surface area contributed by atoms with Crippen molar-refractivity contribution >= 4 is 23.5 Å². The molecule has 27 heavy (non-hydrogen) atoms. The highest BCUT2D eigenvalue weighted by Gasteiger charge is 2.18. The fourth-order valence-corrected chi connectivity index (χ4v) is 3.34. The zero-order chi connectivity index (χ0) is 19.1. The van der Waals surface area contributed by atoms with Crippen LogP contribution in [0.3, 0.4) is 0 Å². The minimum absolute atomic E-state index is 0.0651. The maximum atomic E-state index is 12.3. The number of carbonyl (C=O) groups excluding carboxylic acids is 2. The van der Waals surface area contributed by atoms with Gasteiger partial charge >= 0.3 is 0 Å². The van der Waals surface area contributed by atoms with E-state index in [4.69, 9.17) is 0 Å². The van der Waals surface area contributed by atoms with Gasteiger partial charge in [0, 0.05) is 5.69 Å². The van der Waals surface area contributed by atoms with Crippen LogP contribution in [0, 0.1) is 0 Å². The third kappa shape index (κ3) is 5.27. The molecule has 6 nitrogen and oxygen atoms in total. The number of Topliss-reactive ketones (excluding diaryl/α,β-unsaturated/α-hetero) is 1. The minimum Gasteiger partial charge on any atom is -0.345 e. The zero-order valence-corrected chi connectivity index (χ0v) is 15.7. The molecular weight excluding hydrogens is 360 g/mol. The van der Waals surface area contributed by atoms with Crippen molar-refractivity contribution in [2.45, 2.75) is 24.5 Å². The monoisotopic (exact) mass is 380 g/mol. The Balaban J connectivity index is 1.59. The summed E-state index contributed by atoms with van der Waals surface area (Å²) in [7, 11) is 0. The molecule has 3 rings (SSSR count). The first-order valence-electron chi connectivity index (χ1n) is 8.55. The number of carbonyl (C=O) groups is 2. The second-order valence-corrected chi connectivity index (χ2v) is 6.97. The third-order valence-electron chi connectivity index (χ3n) is 3.99. The molecule has 0 radical (unpaired) electrons. The van der Waals surface area contributed by atoms with Gasteiger partial charge < -0.3 is 5.32 Å². The van der Waals surface area contributed by atoms with Gasteiger partial charge in [-0.1, -0.05) is 60.3 Å². The van der Waals surface area contributed by atoms with Crippen LogP contribution in [0.1, 0.15) is 12.5 Å². The molecule has 0 aliphatic carbocycles. The number of rotatable bonds is 8. The Morgan fingerprint density at radius 3 is 2.41 bits per heavy atom. The van der Waals surface area contributed by atoms with Crippen LogP contribution in [0.4, 0.5) is 0 Å². The van der Waals surface area contributed by atoms with E-state index in [1.807, 2.05) is 65.2 Å². The van der Waals surface area contributed by atoms with Gasteiger partial charge in [0.2, 0.25) is 5.91 Å². The predicted octanol–water partition coefficient (Wildman–Crippen LogP) is 2.68. The smallest absolute Gasteiger partial charge is 0.231 e. The van der Waals surface area contributed by atoms with Gasteiger partial charge in [-0.05, 0) is 31.0 Å². The van der Waals surface area contributed by atoms with Crippen molar-refractivity contribution < 1.29 is 9.59 Å². The summed E-state index contributed by atoms with van der Waals surface area (Å²) in [6.45, 7) is 1.49. The molecule has 0 saturated heterocycles. The summed E-state index contributed by atoms with van der Waals surface area (Å²) in [6.07, 6.45) is 2.09. The summed E-state index contributed by atoms with van der Waals surface area (Å²) in [5.41, 5.74) is 1.94. The highest BCUT2D eigenvalue weighted by atomic mass is 32.2. The number of nitrogens with zero attached hydrogens (tertiary/aromatic N) is 3. The molecule has 0 aliphatic rings. The fourth-order valence-electron chi connectivity index (χ4n) is 2.60. The summed E-state index contributed by atoms with van der Waals surface area (Å²) in [5, 5.41) is 11.4. The SMILES string of the molecule is CC(=O)[C@@H](Cc1ccccc1)NC(=O)CSc1nncn1-c1ccccc1. The number of aromatic nitrogens is 3. The maximum absolute atomic E-state index is 12.3. The summed E-state index contributed by atoms with van der Waals surface area (Å²) >= 11 is 1.28. The molecule has 1 amide bonds. The van der Waals surface area contributed by atoms with E-state index in [-0.39, 0.29) is 17.4 Å². The second-order valence-electron chi connectivity index (χ2n) is 6.03. The molecule has 0 unspecified atom stereocenters. The Morgan fingerprint density at radius 2 is 1.74 bits per heavy atom. The Kier molecular flexibility index (Phi) is 6.38. The van der Waals surface area contributed by atoms with E-state index >= 15 is 0 Å². The predicted molar refractivity (Wildman–Crippen MR) is 105 cm³/mol. The zero-order valence-electron chi connectivity index (χ0n) is 14.9. The topological polar surface area (TPSA) is 76.9 Å². The van der Waals surface area contributed by atoms with Crippen LogP contribution in [0.25, 0.3) is 5.69 Å². The van der Waals surface area contributed by atoms with Crippen molar-refractivity contribution in [2.75, 3.05) is 5.75 Å². The van der Waals surface area contributed by atoms with Gasteiger partial charge in [0.25, 0.3) is 0 Å². The Hall–Kier alpha value is -2.93. The van der Waals surface area contributed by atoms with E-state index in [2.05, 4.69) is 15.5 Å². The van der Waals surface area contributed by atoms with Gasteiger partial charge in [-0.2, -0.15) is 0 Å². The van der Waals surface area contributed by atoms with Gasteiger partial charge in [0.15, 0.2) is 10.9 Å². The second kappa shape index (κ2) is 9.14. The summed E-state index contributed by atoms with van der Waals surface area (Å²) in [6, 6.07) is 18.8. The number of hydrogen-bond donors (Lipinski definition) is 1. The van der Waals surface area contributed by atoms with E-state index < -0.39 is 6.04 Å². The van der Waals surface area contributed by atoms with E-state index in [1.54, 1.807) is 6.33 Å². The van der Waals surface area contributed by atoms with E-state index in [9.17, 15) is 9.59 Å². The summed E-state index contributed by atoms with van der Waals surface area (Å²) in [5.74, 6) is -0.118. The highest BCUT2D eigenvalue weighted by Crippen LogP contribution is 2.19. The molecule has 1 N–H and O–H groups in total. The largest absolute Gasteiger partial charge is 0.345 e. The molecule has 1 aromatic heterocycles. The maximum Gasteiger partial charge on any atom is 0.231 e. The molecule has 0 bridgehead atoms. The molecule has 0 aliphatic heterocycles. The van der Waals surface area contributed by atoms with Gasteiger partial charge in [-0.25, -0.2) is 0 Å². The number of para-hydroxylation sites is 1. The van der Waals surface area contributed by atoms with Crippen molar-refractivity contribution in [3.05, 3.63) is 72.6 Å². The first-order valence-corrected chi connectivity index (χ1v) is 9.54. The standard InChI is InChI=1S/C20H20N4O2S/c1-15(25)18(12-16-8-4-2-5-9-16)22-19(26)13-27-20-23-21-14-24(20)17-10-6-3-7-11-17/h2-11,14,18H,12-13H2,1H3,(H,22,26)/t18-/m1/s1. The molecule has 7 heteroatoms. The molecular formula is C20H20N4O2S.